The summed E-state index contributed by atoms with van der Waals surface area (Å²) in [6, 6.07) is 15.0. The minimum atomic E-state index is -0.727. The lowest BCUT2D eigenvalue weighted by Gasteiger charge is -2.35. The lowest BCUT2D eigenvalue weighted by Crippen LogP contribution is -2.51. The Labute approximate surface area is 265 Å². The first-order chi connectivity index (χ1) is 21.1. The molecule has 3 aliphatic rings. The van der Waals surface area contributed by atoms with Crippen molar-refractivity contribution in [2.24, 2.45) is 10.9 Å². The zero-order valence-corrected chi connectivity index (χ0v) is 27.9. The van der Waals surface area contributed by atoms with Gasteiger partial charge in [-0.3, -0.25) is 24.3 Å². The molecule has 0 N–H and O–H groups in total. The molecule has 1 saturated heterocycles. The minimum absolute atomic E-state index is 0.0634. The van der Waals surface area contributed by atoms with Gasteiger partial charge in [-0.2, -0.15) is 0 Å². The number of fused-ring (bicyclic) bond motifs is 1. The molecule has 1 aliphatic carbocycles. The standard InChI is InChI=1S/C27H29N3O2S.C9H17NO/c1-5-30-25(28-27(26(30)32)12-14-29(15-13-27)19(4)31)21-8-6-20(7-9-21)22-10-11-24-23(16-22)17(2)18(3)33-24;1-3-7-10(4-2)9(11)8-5-6-8/h6-11,16H,5,12-15H2,1-4H3;8H,3-7H2,1-2H3. The Morgan fingerprint density at radius 2 is 1.61 bits per heavy atom. The van der Waals surface area contributed by atoms with Crippen molar-refractivity contribution in [2.45, 2.75) is 79.2 Å². The quantitative estimate of drug-likeness (QED) is 0.293. The SMILES string of the molecule is CCCN(CC)C(=O)C1CC1.CCN1C(=O)C2(CCN(C(C)=O)CC2)N=C1c1ccc(-c2ccc3sc(C)c(C)c3c2)cc1. The van der Waals surface area contributed by atoms with E-state index in [2.05, 4.69) is 70.2 Å². The number of amidine groups is 1. The number of thiophene rings is 1. The highest BCUT2D eigenvalue weighted by molar-refractivity contribution is 7.19. The third-order valence-electron chi connectivity index (χ3n) is 9.34. The van der Waals surface area contributed by atoms with Gasteiger partial charge in [0.05, 0.1) is 0 Å². The topological polar surface area (TPSA) is 73.3 Å². The third-order valence-corrected chi connectivity index (χ3v) is 10.5. The monoisotopic (exact) mass is 614 g/mol. The number of likely N-dealkylation sites (tertiary alicyclic amines) is 1. The molecule has 1 saturated carbocycles. The van der Waals surface area contributed by atoms with E-state index in [4.69, 9.17) is 4.99 Å². The molecule has 0 unspecified atom stereocenters. The third kappa shape index (κ3) is 6.32. The van der Waals surface area contributed by atoms with E-state index in [0.717, 1.165) is 49.3 Å². The minimum Gasteiger partial charge on any atom is -0.343 e. The molecule has 3 aromatic rings. The fourth-order valence-electron chi connectivity index (χ4n) is 6.31. The first-order valence-corrected chi connectivity index (χ1v) is 17.0. The van der Waals surface area contributed by atoms with Gasteiger partial charge in [0.15, 0.2) is 0 Å². The maximum atomic E-state index is 13.3. The average Bonchev–Trinajstić information content (AvgIpc) is 3.80. The van der Waals surface area contributed by atoms with E-state index in [9.17, 15) is 14.4 Å². The number of nitrogens with zero attached hydrogens (tertiary/aromatic N) is 4. The second-order valence-electron chi connectivity index (χ2n) is 12.3. The molecule has 3 amide bonds. The van der Waals surface area contributed by atoms with Crippen LogP contribution in [0.15, 0.2) is 47.5 Å². The number of hydrogen-bond acceptors (Lipinski definition) is 5. The number of aliphatic imine (C=N–C) groups is 1. The highest BCUT2D eigenvalue weighted by atomic mass is 32.1. The van der Waals surface area contributed by atoms with Crippen LogP contribution in [0.3, 0.4) is 0 Å². The number of hydrogen-bond donors (Lipinski definition) is 0. The number of carbonyl (C=O) groups excluding carboxylic acids is 3. The number of likely N-dealkylation sites (N-methyl/N-ethyl adjacent to an activating group) is 1. The van der Waals surface area contributed by atoms with Gasteiger partial charge in [0.25, 0.3) is 5.91 Å². The molecular weight excluding hydrogens is 568 g/mol. The van der Waals surface area contributed by atoms with Gasteiger partial charge < -0.3 is 9.80 Å². The highest BCUT2D eigenvalue weighted by Gasteiger charge is 2.49. The molecule has 7 nitrogen and oxygen atoms in total. The summed E-state index contributed by atoms with van der Waals surface area (Å²) in [6.45, 7) is 15.7. The Morgan fingerprint density at radius 3 is 2.18 bits per heavy atom. The molecule has 0 atom stereocenters. The normalized spacial score (nSPS) is 17.5. The molecule has 1 aromatic heterocycles. The van der Waals surface area contributed by atoms with Crippen molar-refractivity contribution in [1.82, 2.24) is 14.7 Å². The van der Waals surface area contributed by atoms with Gasteiger partial charge >= 0.3 is 0 Å². The summed E-state index contributed by atoms with van der Waals surface area (Å²) in [5.74, 6) is 1.66. The van der Waals surface area contributed by atoms with Gasteiger partial charge in [0, 0.05) is 60.7 Å². The van der Waals surface area contributed by atoms with Crippen molar-refractivity contribution in [3.05, 3.63) is 58.5 Å². The molecule has 1 spiro atoms. The Morgan fingerprint density at radius 1 is 0.977 bits per heavy atom. The summed E-state index contributed by atoms with van der Waals surface area (Å²) in [4.78, 5) is 48.5. The lowest BCUT2D eigenvalue weighted by atomic mass is 9.87. The van der Waals surface area contributed by atoms with Crippen molar-refractivity contribution in [3.8, 4) is 11.1 Å². The second-order valence-corrected chi connectivity index (χ2v) is 13.5. The summed E-state index contributed by atoms with van der Waals surface area (Å²) in [7, 11) is 0. The summed E-state index contributed by atoms with van der Waals surface area (Å²) < 4.78 is 1.32. The van der Waals surface area contributed by atoms with Crippen LogP contribution in [-0.4, -0.2) is 76.5 Å². The second kappa shape index (κ2) is 13.2. The molecule has 2 aliphatic heterocycles. The van der Waals surface area contributed by atoms with E-state index in [1.54, 1.807) is 6.92 Å². The van der Waals surface area contributed by atoms with E-state index in [0.29, 0.717) is 44.3 Å². The van der Waals surface area contributed by atoms with Crippen LogP contribution in [-0.2, 0) is 14.4 Å². The van der Waals surface area contributed by atoms with Gasteiger partial charge in [-0.1, -0.05) is 37.3 Å². The average molecular weight is 615 g/mol. The first-order valence-electron chi connectivity index (χ1n) is 16.2. The van der Waals surface area contributed by atoms with E-state index < -0.39 is 5.54 Å². The molecule has 3 heterocycles. The number of aryl methyl sites for hydroxylation is 2. The number of amides is 3. The van der Waals surface area contributed by atoms with Crippen LogP contribution in [0.2, 0.25) is 0 Å². The molecule has 2 aromatic carbocycles. The Hall–Kier alpha value is -3.52. The fourth-order valence-corrected chi connectivity index (χ4v) is 7.36. The fraction of sp³-hybridized carbons (Fsp3) is 0.500. The van der Waals surface area contributed by atoms with Crippen molar-refractivity contribution in [1.29, 1.82) is 0 Å². The van der Waals surface area contributed by atoms with E-state index in [1.807, 2.05) is 33.0 Å². The predicted octanol–water partition coefficient (Wildman–Crippen LogP) is 6.83. The van der Waals surface area contributed by atoms with E-state index in [-0.39, 0.29) is 11.8 Å². The van der Waals surface area contributed by atoms with Crippen molar-refractivity contribution < 1.29 is 14.4 Å². The molecule has 234 valence electrons. The van der Waals surface area contributed by atoms with Gasteiger partial charge in [-0.25, -0.2) is 0 Å². The zero-order valence-electron chi connectivity index (χ0n) is 27.1. The summed E-state index contributed by atoms with van der Waals surface area (Å²) in [6.07, 6.45) is 4.50. The number of rotatable bonds is 7. The zero-order chi connectivity index (χ0) is 31.6. The molecule has 6 rings (SSSR count). The lowest BCUT2D eigenvalue weighted by molar-refractivity contribution is -0.137. The highest BCUT2D eigenvalue weighted by Crippen LogP contribution is 2.37. The molecule has 8 heteroatoms. The first kappa shape index (κ1) is 31.9. The van der Waals surface area contributed by atoms with Gasteiger partial charge in [-0.05, 0) is 94.0 Å². The van der Waals surface area contributed by atoms with Crippen LogP contribution >= 0.6 is 11.3 Å². The predicted molar refractivity (Wildman–Crippen MR) is 180 cm³/mol. The van der Waals surface area contributed by atoms with Crippen molar-refractivity contribution in [3.63, 3.8) is 0 Å². The molecular formula is C36H46N4O3S. The van der Waals surface area contributed by atoms with Crippen LogP contribution in [0.5, 0.6) is 0 Å². The van der Waals surface area contributed by atoms with Crippen molar-refractivity contribution >= 4 is 45.0 Å². The van der Waals surface area contributed by atoms with Gasteiger partial charge in [0.1, 0.15) is 11.4 Å². The Balaban J connectivity index is 0.000000296. The van der Waals surface area contributed by atoms with Crippen LogP contribution in [0.4, 0.5) is 0 Å². The largest absolute Gasteiger partial charge is 0.343 e. The van der Waals surface area contributed by atoms with Crippen molar-refractivity contribution in [2.75, 3.05) is 32.7 Å². The Bertz CT molecular complexity index is 1560. The molecule has 0 bridgehead atoms. The molecule has 2 fully saturated rings. The number of carbonyl (C=O) groups is 3. The molecule has 0 radical (unpaired) electrons. The maximum Gasteiger partial charge on any atom is 0.256 e. The number of benzene rings is 2. The van der Waals surface area contributed by atoms with Crippen LogP contribution in [0.25, 0.3) is 21.2 Å². The van der Waals surface area contributed by atoms with Crippen LogP contribution in [0.1, 0.15) is 75.8 Å². The van der Waals surface area contributed by atoms with Gasteiger partial charge in [-0.15, -0.1) is 11.3 Å². The summed E-state index contributed by atoms with van der Waals surface area (Å²) in [5.41, 5.74) is 3.94. The molecule has 44 heavy (non-hydrogen) atoms. The van der Waals surface area contributed by atoms with E-state index >= 15 is 0 Å². The Kier molecular flexibility index (Phi) is 9.59. The van der Waals surface area contributed by atoms with Gasteiger partial charge in [0.2, 0.25) is 11.8 Å². The number of piperidine rings is 1. The van der Waals surface area contributed by atoms with Crippen LogP contribution in [0, 0.1) is 19.8 Å². The van der Waals surface area contributed by atoms with Crippen LogP contribution < -0.4 is 0 Å². The van der Waals surface area contributed by atoms with E-state index in [1.165, 1.54) is 26.1 Å². The smallest absolute Gasteiger partial charge is 0.256 e. The maximum absolute atomic E-state index is 13.3. The summed E-state index contributed by atoms with van der Waals surface area (Å²) in [5, 5.41) is 1.32. The summed E-state index contributed by atoms with van der Waals surface area (Å²) >= 11 is 1.84.